The average molecular weight is 212 g/mol. The molecule has 8 heavy (non-hydrogen) atoms. The quantitative estimate of drug-likeness (QED) is 0.295. The summed E-state index contributed by atoms with van der Waals surface area (Å²) < 4.78 is 8.55. The van der Waals surface area contributed by atoms with Gasteiger partial charge in [-0.1, -0.05) is 0 Å². The van der Waals surface area contributed by atoms with Gasteiger partial charge < -0.3 is 19.2 Å². The van der Waals surface area contributed by atoms with Gasteiger partial charge >= 0.3 is 53.0 Å². The minimum Gasteiger partial charge on any atom is -0.822 e. The molecule has 42 valence electrons. The van der Waals surface area contributed by atoms with Crippen LogP contribution in [-0.4, -0.2) is 0 Å². The van der Waals surface area contributed by atoms with Gasteiger partial charge in [0.15, 0.2) is 0 Å². The Bertz CT molecular complexity index is 60.2. The summed E-state index contributed by atoms with van der Waals surface area (Å²) in [6, 6.07) is 0. The van der Waals surface area contributed by atoms with Crippen molar-refractivity contribution in [2.45, 2.75) is 0 Å². The number of hydrogen-bond acceptors (Lipinski definition) is 4. The van der Waals surface area contributed by atoms with Crippen LogP contribution >= 0.6 is 7.82 Å². The zero-order valence-corrected chi connectivity index (χ0v) is 7.09. The number of phosphoric acid groups is 1. The van der Waals surface area contributed by atoms with Gasteiger partial charge in [-0.15, -0.1) is 0 Å². The van der Waals surface area contributed by atoms with E-state index in [0.717, 1.165) is 0 Å². The molecule has 0 heterocycles. The van der Waals surface area contributed by atoms with E-state index >= 15 is 0 Å². The minimum atomic E-state index is -5.39. The van der Waals surface area contributed by atoms with E-state index in [9.17, 15) is 0 Å². The van der Waals surface area contributed by atoms with E-state index in [4.69, 9.17) is 19.2 Å². The summed E-state index contributed by atoms with van der Waals surface area (Å²) in [4.78, 5) is 25.6. The summed E-state index contributed by atoms with van der Waals surface area (Å²) >= 11 is 0. The fourth-order valence-corrected chi connectivity index (χ4v) is 0. The molecule has 2 radical (unpaired) electrons. The molecule has 0 amide bonds. The molecule has 8 heteroatoms. The molecule has 0 spiro atoms. The minimum absolute atomic E-state index is 0. The van der Waals surface area contributed by atoms with Crippen LogP contribution in [0, 0.1) is 0 Å². The first kappa shape index (κ1) is 22.6. The molecule has 0 rings (SSSR count). The second-order valence-electron chi connectivity index (χ2n) is 0.447. The Kier molecular flexibility index (Phi) is 24.7. The third-order valence-corrected chi connectivity index (χ3v) is 0. The summed E-state index contributed by atoms with van der Waals surface area (Å²) in [6.07, 6.45) is 0. The summed E-state index contributed by atoms with van der Waals surface area (Å²) in [7, 11) is -5.39. The van der Waals surface area contributed by atoms with Gasteiger partial charge in [0.05, 0.1) is 0 Å². The second kappa shape index (κ2) is 8.75. The molecular formula is LiMn2O4P+2. The van der Waals surface area contributed by atoms with Crippen LogP contribution in [0.4, 0.5) is 0 Å². The zero-order valence-electron chi connectivity index (χ0n) is 3.84. The van der Waals surface area contributed by atoms with Gasteiger partial charge in [0, 0.05) is 0 Å². The first-order valence-corrected chi connectivity index (χ1v) is 2.19. The van der Waals surface area contributed by atoms with Crippen molar-refractivity contribution in [3.8, 4) is 0 Å². The molecule has 0 unspecified atom stereocenters. The summed E-state index contributed by atoms with van der Waals surface area (Å²) in [5, 5.41) is 0. The zero-order chi connectivity index (χ0) is 4.50. The normalized spacial score (nSPS) is 7.38. The third kappa shape index (κ3) is 116. The van der Waals surface area contributed by atoms with Crippen molar-refractivity contribution in [1.82, 2.24) is 0 Å². The number of hydrogen-bond donors (Lipinski definition) is 0. The molecule has 0 fully saturated rings. The smallest absolute Gasteiger partial charge is 0.822 e. The first-order chi connectivity index (χ1) is 2.00. The van der Waals surface area contributed by atoms with Gasteiger partial charge in [0.2, 0.25) is 0 Å². The van der Waals surface area contributed by atoms with Gasteiger partial charge in [-0.25, -0.2) is 0 Å². The Balaban J connectivity index is -0.0000000267. The predicted molar refractivity (Wildman–Crippen MR) is 7.61 cm³/mol. The molecule has 0 saturated carbocycles. The van der Waals surface area contributed by atoms with Crippen LogP contribution in [0.2, 0.25) is 0 Å². The van der Waals surface area contributed by atoms with E-state index in [1.807, 2.05) is 0 Å². The van der Waals surface area contributed by atoms with Crippen molar-refractivity contribution >= 4 is 7.82 Å². The van der Waals surface area contributed by atoms with E-state index in [1.54, 1.807) is 0 Å². The van der Waals surface area contributed by atoms with Crippen molar-refractivity contribution in [3.05, 3.63) is 0 Å². The van der Waals surface area contributed by atoms with Crippen molar-refractivity contribution < 1.29 is 72.2 Å². The Morgan fingerprint density at radius 2 is 1.00 bits per heavy atom. The molecule has 0 aromatic carbocycles. The Hall–Kier alpha value is 1.75. The fourth-order valence-electron chi connectivity index (χ4n) is 0. The van der Waals surface area contributed by atoms with E-state index < -0.39 is 7.82 Å². The van der Waals surface area contributed by atoms with Gasteiger partial charge in [-0.3, -0.25) is 0 Å². The maximum Gasteiger partial charge on any atom is 2.00 e. The summed E-state index contributed by atoms with van der Waals surface area (Å²) in [6.45, 7) is 0. The maximum absolute atomic E-state index is 8.55. The molecule has 0 bridgehead atoms. The molecule has 0 saturated heterocycles. The fraction of sp³-hybridized carbons (Fsp3) is 0. The Morgan fingerprint density at radius 3 is 1.00 bits per heavy atom. The topological polar surface area (TPSA) is 86.2 Å². The summed E-state index contributed by atoms with van der Waals surface area (Å²) in [5.41, 5.74) is 0. The van der Waals surface area contributed by atoms with E-state index in [0.29, 0.717) is 0 Å². The SMILES string of the molecule is O=P([O-])([O-])[O-].[Li+].[Mn+2].[Mn+2]. The molecule has 0 aromatic heterocycles. The van der Waals surface area contributed by atoms with Crippen molar-refractivity contribution in [2.75, 3.05) is 0 Å². The standard InChI is InChI=1S/Li.2Mn.H3O4P/c;;;1-5(2,3)4/h;;;(H3,1,2,3,4)/q+1;2*+2;/p-3. The molecule has 0 N–H and O–H groups in total. The van der Waals surface area contributed by atoms with Gasteiger partial charge in [-0.2, -0.15) is 7.82 Å². The van der Waals surface area contributed by atoms with Crippen LogP contribution in [0.5, 0.6) is 0 Å². The van der Waals surface area contributed by atoms with Crippen LogP contribution in [0.15, 0.2) is 0 Å². The molecule has 0 aromatic rings. The van der Waals surface area contributed by atoms with Crippen LogP contribution in [0.25, 0.3) is 0 Å². The first-order valence-electron chi connectivity index (χ1n) is 0.730. The second-order valence-corrected chi connectivity index (χ2v) is 1.34. The summed E-state index contributed by atoms with van der Waals surface area (Å²) in [5.74, 6) is 0. The largest absolute Gasteiger partial charge is 2.00 e. The van der Waals surface area contributed by atoms with E-state index in [-0.39, 0.29) is 53.0 Å². The van der Waals surface area contributed by atoms with Gasteiger partial charge in [0.25, 0.3) is 0 Å². The van der Waals surface area contributed by atoms with Crippen molar-refractivity contribution in [2.24, 2.45) is 0 Å². The van der Waals surface area contributed by atoms with Gasteiger partial charge in [0.1, 0.15) is 0 Å². The predicted octanol–water partition coefficient (Wildman–Crippen LogP) is -5.83. The Morgan fingerprint density at radius 1 is 1.00 bits per heavy atom. The molecule has 0 aliphatic heterocycles. The van der Waals surface area contributed by atoms with E-state index in [1.165, 1.54) is 0 Å². The third-order valence-electron chi connectivity index (χ3n) is 0. The van der Waals surface area contributed by atoms with Crippen LogP contribution < -0.4 is 33.5 Å². The Labute approximate surface area is 79.8 Å². The van der Waals surface area contributed by atoms with E-state index in [2.05, 4.69) is 0 Å². The van der Waals surface area contributed by atoms with Crippen molar-refractivity contribution in [3.63, 3.8) is 0 Å². The van der Waals surface area contributed by atoms with Gasteiger partial charge in [-0.05, 0) is 0 Å². The monoisotopic (exact) mass is 212 g/mol. The molecule has 0 atom stereocenters. The van der Waals surface area contributed by atoms with Crippen LogP contribution in [0.1, 0.15) is 0 Å². The molecular weight excluding hydrogens is 212 g/mol. The van der Waals surface area contributed by atoms with Crippen LogP contribution in [-0.2, 0) is 38.7 Å². The average Bonchev–Trinajstić information content (AvgIpc) is 0.722. The van der Waals surface area contributed by atoms with Crippen molar-refractivity contribution in [1.29, 1.82) is 0 Å². The maximum atomic E-state index is 8.55. The molecule has 4 nitrogen and oxygen atoms in total. The van der Waals surface area contributed by atoms with Crippen LogP contribution in [0.3, 0.4) is 0 Å². The number of rotatable bonds is 0. The molecule has 0 aliphatic rings. The molecule has 0 aliphatic carbocycles.